The fourth-order valence-electron chi connectivity index (χ4n) is 0. The fourth-order valence-corrected chi connectivity index (χ4v) is 0. The van der Waals surface area contributed by atoms with Gasteiger partial charge in [-0.2, -0.15) is 0 Å². The van der Waals surface area contributed by atoms with Gasteiger partial charge in [0.1, 0.15) is 0 Å². The van der Waals surface area contributed by atoms with Crippen molar-refractivity contribution < 1.29 is 47.8 Å². The second-order valence-electron chi connectivity index (χ2n) is 0.289. The smallest absolute Gasteiger partial charge is 0.907 e. The molecule has 0 aliphatic rings. The summed E-state index contributed by atoms with van der Waals surface area (Å²) in [6.45, 7) is 0. The molecule has 0 aromatic carbocycles. The molecule has 0 aliphatic carbocycles. The van der Waals surface area contributed by atoms with E-state index >= 15 is 0 Å². The van der Waals surface area contributed by atoms with Gasteiger partial charge in [0.15, 0.2) is 0 Å². The summed E-state index contributed by atoms with van der Waals surface area (Å²) in [5.74, 6) is 0. The van der Waals surface area contributed by atoms with E-state index in [-0.39, 0.29) is 52.5 Å². The summed E-state index contributed by atoms with van der Waals surface area (Å²) in [5.41, 5.74) is 0. The molecule has 6 heavy (non-hydrogen) atoms. The van der Waals surface area contributed by atoms with Crippen molar-refractivity contribution in [3.8, 4) is 0 Å². The topological polar surface area (TPSA) is 69.2 Å². The predicted molar refractivity (Wildman–Crippen MR) is 11.5 cm³/mol. The SMILES string of the molecule is [Ga+3].[O-]B([O-])[O-].[Y]. The Bertz CT molecular complexity index is 15.5. The van der Waals surface area contributed by atoms with Crippen LogP contribution in [-0.2, 0) is 32.7 Å². The van der Waals surface area contributed by atoms with Gasteiger partial charge in [-0.25, -0.2) is 0 Å². The van der Waals surface area contributed by atoms with Gasteiger partial charge in [0.05, 0.1) is 0 Å². The molecule has 0 spiro atoms. The summed E-state index contributed by atoms with van der Waals surface area (Å²) in [5, 5.41) is 25.2. The van der Waals surface area contributed by atoms with Crippen molar-refractivity contribution in [3.05, 3.63) is 0 Å². The molecule has 3 nitrogen and oxygen atoms in total. The quantitative estimate of drug-likeness (QED) is 0.385. The van der Waals surface area contributed by atoms with Crippen LogP contribution in [0, 0.1) is 0 Å². The first-order valence-corrected chi connectivity index (χ1v) is 0.707. The van der Waals surface area contributed by atoms with Gasteiger partial charge in [-0.3, -0.25) is 7.32 Å². The molecular weight excluding hydrogens is 217 g/mol. The van der Waals surface area contributed by atoms with Crippen LogP contribution in [0.5, 0.6) is 0 Å². The summed E-state index contributed by atoms with van der Waals surface area (Å²) < 4.78 is 0. The Morgan fingerprint density at radius 1 is 1.00 bits per heavy atom. The van der Waals surface area contributed by atoms with E-state index in [4.69, 9.17) is 15.1 Å². The van der Waals surface area contributed by atoms with Gasteiger partial charge < -0.3 is 15.1 Å². The molecule has 0 saturated carbocycles. The zero-order valence-corrected chi connectivity index (χ0v) is 8.22. The molecule has 0 fully saturated rings. The van der Waals surface area contributed by atoms with Crippen LogP contribution in [0.3, 0.4) is 0 Å². The summed E-state index contributed by atoms with van der Waals surface area (Å²) in [7, 11) is -2.92. The minimum Gasteiger partial charge on any atom is -0.907 e. The summed E-state index contributed by atoms with van der Waals surface area (Å²) >= 11 is 0. The third-order valence-electron chi connectivity index (χ3n) is 0. The second-order valence-corrected chi connectivity index (χ2v) is 0.289. The molecule has 6 heteroatoms. The molecule has 0 aliphatic heterocycles. The molecule has 0 aromatic rings. The second kappa shape index (κ2) is 9.84. The van der Waals surface area contributed by atoms with Crippen molar-refractivity contribution in [3.63, 3.8) is 0 Å². The van der Waals surface area contributed by atoms with Crippen LogP contribution in [0.2, 0.25) is 0 Å². The zero-order valence-electron chi connectivity index (χ0n) is 2.96. The number of hydrogen-bond acceptors (Lipinski definition) is 3. The van der Waals surface area contributed by atoms with E-state index in [2.05, 4.69) is 0 Å². The van der Waals surface area contributed by atoms with Gasteiger partial charge in [-0.1, -0.05) is 0 Å². The van der Waals surface area contributed by atoms with Crippen molar-refractivity contribution >= 4 is 27.1 Å². The molecule has 0 unspecified atom stereocenters. The Morgan fingerprint density at radius 2 is 1.00 bits per heavy atom. The molecule has 0 rings (SSSR count). The van der Waals surface area contributed by atoms with Gasteiger partial charge in [-0.15, -0.1) is 0 Å². The van der Waals surface area contributed by atoms with Crippen LogP contribution < -0.4 is 15.1 Å². The first-order valence-electron chi connectivity index (χ1n) is 0.707. The Kier molecular flexibility index (Phi) is 25.7. The van der Waals surface area contributed by atoms with E-state index in [1.54, 1.807) is 0 Å². The normalized spacial score (nSPS) is 4.50. The largest absolute Gasteiger partial charge is 3.00 e. The van der Waals surface area contributed by atoms with Crippen molar-refractivity contribution in [1.82, 2.24) is 0 Å². The minimum absolute atomic E-state index is 0. The van der Waals surface area contributed by atoms with Gasteiger partial charge in [0.2, 0.25) is 0 Å². The molecule has 27 valence electrons. The molecule has 0 amide bonds. The predicted octanol–water partition coefficient (Wildman–Crippen LogP) is -4.33. The van der Waals surface area contributed by atoms with E-state index in [1.807, 2.05) is 0 Å². The molecule has 0 aromatic heterocycles. The van der Waals surface area contributed by atoms with Gasteiger partial charge >= 0.3 is 19.8 Å². The average Bonchev–Trinajstić information content (AvgIpc) is 0.811. The van der Waals surface area contributed by atoms with E-state index in [1.165, 1.54) is 0 Å². The van der Waals surface area contributed by atoms with E-state index < -0.39 is 7.32 Å². The van der Waals surface area contributed by atoms with E-state index in [9.17, 15) is 0 Å². The van der Waals surface area contributed by atoms with Crippen molar-refractivity contribution in [2.45, 2.75) is 0 Å². The van der Waals surface area contributed by atoms with Crippen molar-refractivity contribution in [2.75, 3.05) is 0 Å². The number of hydrogen-bond donors (Lipinski definition) is 0. The third-order valence-corrected chi connectivity index (χ3v) is 0. The monoisotopic (exact) mass is 217 g/mol. The molecule has 0 saturated heterocycles. The minimum atomic E-state index is -2.92. The van der Waals surface area contributed by atoms with Gasteiger partial charge in [0, 0.05) is 32.7 Å². The Hall–Kier alpha value is 1.69. The molecular formula is BGaO3Y. The maximum atomic E-state index is 8.42. The zero-order chi connectivity index (χ0) is 3.58. The van der Waals surface area contributed by atoms with Gasteiger partial charge in [0.25, 0.3) is 0 Å². The standard InChI is InChI=1S/BO3.Ga.Y/c2-1(3)4;;/q-3;+3;. The summed E-state index contributed by atoms with van der Waals surface area (Å²) in [6.07, 6.45) is 0. The molecule has 0 heterocycles. The van der Waals surface area contributed by atoms with Crippen LogP contribution in [0.15, 0.2) is 0 Å². The van der Waals surface area contributed by atoms with Crippen molar-refractivity contribution in [2.24, 2.45) is 0 Å². The Morgan fingerprint density at radius 3 is 1.00 bits per heavy atom. The van der Waals surface area contributed by atoms with Gasteiger partial charge in [-0.05, 0) is 0 Å². The van der Waals surface area contributed by atoms with Crippen LogP contribution >= 0.6 is 0 Å². The average molecular weight is 217 g/mol. The van der Waals surface area contributed by atoms with E-state index in [0.717, 1.165) is 0 Å². The Balaban J connectivity index is -0.0000000450. The van der Waals surface area contributed by atoms with Crippen LogP contribution in [0.25, 0.3) is 0 Å². The fraction of sp³-hybridized carbons (Fsp3) is 0. The van der Waals surface area contributed by atoms with Crippen molar-refractivity contribution in [1.29, 1.82) is 0 Å². The maximum Gasteiger partial charge on any atom is 3.00 e. The third kappa shape index (κ3) is 43.9. The summed E-state index contributed by atoms with van der Waals surface area (Å²) in [4.78, 5) is 0. The first-order chi connectivity index (χ1) is 1.73. The molecule has 0 bridgehead atoms. The number of rotatable bonds is 0. The van der Waals surface area contributed by atoms with Crippen LogP contribution in [0.4, 0.5) is 0 Å². The van der Waals surface area contributed by atoms with Crippen LogP contribution in [0.1, 0.15) is 0 Å². The van der Waals surface area contributed by atoms with E-state index in [0.29, 0.717) is 0 Å². The Labute approximate surface area is 74.2 Å². The molecule has 0 N–H and O–H groups in total. The van der Waals surface area contributed by atoms with Crippen LogP contribution in [-0.4, -0.2) is 27.1 Å². The summed E-state index contributed by atoms with van der Waals surface area (Å²) in [6, 6.07) is 0. The molecule has 0 atom stereocenters. The molecule has 1 radical (unpaired) electrons. The maximum absolute atomic E-state index is 8.42. The first kappa shape index (κ1) is 15.6.